The number of ether oxygens (including phenoxy) is 1. The summed E-state index contributed by atoms with van der Waals surface area (Å²) in [5.41, 5.74) is 6.99. The summed E-state index contributed by atoms with van der Waals surface area (Å²) in [5.74, 6) is 0.907. The third-order valence-electron chi connectivity index (χ3n) is 3.45. The number of nitrogens with two attached hydrogens (primary N) is 1. The highest BCUT2D eigenvalue weighted by Gasteiger charge is 2.27. The largest absolute Gasteiger partial charge is 0.490 e. The van der Waals surface area contributed by atoms with Crippen LogP contribution in [-0.2, 0) is 0 Å². The number of anilines is 1. The maximum Gasteiger partial charge on any atom is 0.121 e. The van der Waals surface area contributed by atoms with Crippen molar-refractivity contribution < 1.29 is 4.74 Å². The van der Waals surface area contributed by atoms with E-state index in [4.69, 9.17) is 10.5 Å². The molecule has 0 bridgehead atoms. The molecule has 1 aliphatic rings. The zero-order valence-corrected chi connectivity index (χ0v) is 10.2. The first-order chi connectivity index (χ1) is 7.55. The van der Waals surface area contributed by atoms with Gasteiger partial charge in [0.1, 0.15) is 5.75 Å². The first-order valence-corrected chi connectivity index (χ1v) is 6.07. The fourth-order valence-electron chi connectivity index (χ4n) is 2.27. The summed E-state index contributed by atoms with van der Waals surface area (Å²) < 4.78 is 5.95. The molecular weight excluding hydrogens is 198 g/mol. The van der Waals surface area contributed by atoms with E-state index in [-0.39, 0.29) is 0 Å². The van der Waals surface area contributed by atoms with Crippen LogP contribution in [0.15, 0.2) is 24.3 Å². The first kappa shape index (κ1) is 11.3. The van der Waals surface area contributed by atoms with E-state index in [0.29, 0.717) is 11.5 Å². The Balaban J connectivity index is 1.92. The number of hydrogen-bond acceptors (Lipinski definition) is 2. The second kappa shape index (κ2) is 4.36. The van der Waals surface area contributed by atoms with Gasteiger partial charge in [-0.2, -0.15) is 0 Å². The molecule has 0 radical (unpaired) electrons. The van der Waals surface area contributed by atoms with Crippen LogP contribution in [0.5, 0.6) is 5.75 Å². The van der Waals surface area contributed by atoms with Crippen molar-refractivity contribution in [2.45, 2.75) is 45.6 Å². The molecule has 0 aromatic heterocycles. The molecule has 0 heterocycles. The maximum atomic E-state index is 5.95. The molecule has 0 spiro atoms. The molecule has 2 rings (SSSR count). The topological polar surface area (TPSA) is 35.2 Å². The first-order valence-electron chi connectivity index (χ1n) is 6.07. The van der Waals surface area contributed by atoms with Gasteiger partial charge < -0.3 is 10.5 Å². The molecule has 0 unspecified atom stereocenters. The lowest BCUT2D eigenvalue weighted by molar-refractivity contribution is 0.0988. The van der Waals surface area contributed by atoms with Crippen molar-refractivity contribution in [3.05, 3.63) is 24.3 Å². The maximum absolute atomic E-state index is 5.95. The van der Waals surface area contributed by atoms with Gasteiger partial charge in [0.05, 0.1) is 6.10 Å². The highest BCUT2D eigenvalue weighted by molar-refractivity contribution is 5.43. The van der Waals surface area contributed by atoms with Gasteiger partial charge >= 0.3 is 0 Å². The van der Waals surface area contributed by atoms with Gasteiger partial charge in [-0.3, -0.25) is 0 Å². The third-order valence-corrected chi connectivity index (χ3v) is 3.45. The smallest absolute Gasteiger partial charge is 0.121 e. The highest BCUT2D eigenvalue weighted by atomic mass is 16.5. The van der Waals surface area contributed by atoms with E-state index in [1.54, 1.807) is 0 Å². The van der Waals surface area contributed by atoms with Crippen LogP contribution in [0, 0.1) is 5.41 Å². The number of benzene rings is 1. The lowest BCUT2D eigenvalue weighted by Gasteiger charge is -2.34. The number of rotatable bonds is 2. The van der Waals surface area contributed by atoms with Crippen molar-refractivity contribution in [2.24, 2.45) is 5.41 Å². The van der Waals surface area contributed by atoms with Gasteiger partial charge in [0, 0.05) is 11.8 Å². The average Bonchev–Trinajstić information content (AvgIpc) is 2.21. The van der Waals surface area contributed by atoms with Gasteiger partial charge in [-0.25, -0.2) is 0 Å². The predicted octanol–water partition coefficient (Wildman–Crippen LogP) is 3.62. The van der Waals surface area contributed by atoms with E-state index in [1.165, 1.54) is 12.8 Å². The zero-order chi connectivity index (χ0) is 11.6. The minimum Gasteiger partial charge on any atom is -0.490 e. The van der Waals surface area contributed by atoms with Gasteiger partial charge in [-0.1, -0.05) is 19.9 Å². The Morgan fingerprint density at radius 1 is 1.25 bits per heavy atom. The summed E-state index contributed by atoms with van der Waals surface area (Å²) in [6.07, 6.45) is 5.18. The van der Waals surface area contributed by atoms with Gasteiger partial charge in [0.2, 0.25) is 0 Å². The minimum atomic E-state index is 0.370. The summed E-state index contributed by atoms with van der Waals surface area (Å²) >= 11 is 0. The van der Waals surface area contributed by atoms with Crippen molar-refractivity contribution in [1.29, 1.82) is 0 Å². The van der Waals surface area contributed by atoms with E-state index in [9.17, 15) is 0 Å². The fourth-order valence-corrected chi connectivity index (χ4v) is 2.27. The van der Waals surface area contributed by atoms with Crippen LogP contribution < -0.4 is 10.5 Å². The molecule has 2 nitrogen and oxygen atoms in total. The molecule has 1 aliphatic carbocycles. The molecule has 0 aliphatic heterocycles. The lowest BCUT2D eigenvalue weighted by atomic mass is 9.76. The Morgan fingerprint density at radius 2 is 1.94 bits per heavy atom. The fraction of sp³-hybridized carbons (Fsp3) is 0.571. The van der Waals surface area contributed by atoms with E-state index >= 15 is 0 Å². The Bertz CT molecular complexity index is 350. The van der Waals surface area contributed by atoms with Crippen LogP contribution in [0.4, 0.5) is 5.69 Å². The van der Waals surface area contributed by atoms with Crippen molar-refractivity contribution >= 4 is 5.69 Å². The normalized spacial score (nSPS) is 20.6. The zero-order valence-electron chi connectivity index (χ0n) is 10.2. The second-order valence-electron chi connectivity index (χ2n) is 5.55. The van der Waals surface area contributed by atoms with Crippen LogP contribution in [0.2, 0.25) is 0 Å². The number of nitrogen functional groups attached to an aromatic ring is 1. The standard InChI is InChI=1S/C14H21NO/c1-14(2)8-6-12(7-9-14)16-13-5-3-4-11(15)10-13/h3-5,10,12H,6-9,15H2,1-2H3. The van der Waals surface area contributed by atoms with E-state index in [2.05, 4.69) is 13.8 Å². The van der Waals surface area contributed by atoms with E-state index < -0.39 is 0 Å². The molecule has 0 atom stereocenters. The molecule has 1 aromatic carbocycles. The Labute approximate surface area is 97.8 Å². The van der Waals surface area contributed by atoms with Gasteiger partial charge in [-0.15, -0.1) is 0 Å². The molecule has 1 saturated carbocycles. The van der Waals surface area contributed by atoms with Crippen LogP contribution in [0.3, 0.4) is 0 Å². The third kappa shape index (κ3) is 2.91. The molecule has 88 valence electrons. The van der Waals surface area contributed by atoms with Gasteiger partial charge in [-0.05, 0) is 43.2 Å². The van der Waals surface area contributed by atoms with Crippen LogP contribution in [0.1, 0.15) is 39.5 Å². The summed E-state index contributed by atoms with van der Waals surface area (Å²) in [6.45, 7) is 4.67. The molecule has 16 heavy (non-hydrogen) atoms. The highest BCUT2D eigenvalue weighted by Crippen LogP contribution is 2.36. The summed E-state index contributed by atoms with van der Waals surface area (Å²) in [7, 11) is 0. The molecular formula is C14H21NO. The monoisotopic (exact) mass is 219 g/mol. The Hall–Kier alpha value is -1.18. The minimum absolute atomic E-state index is 0.370. The van der Waals surface area contributed by atoms with Crippen molar-refractivity contribution in [2.75, 3.05) is 5.73 Å². The van der Waals surface area contributed by atoms with E-state index in [1.807, 2.05) is 24.3 Å². The van der Waals surface area contributed by atoms with E-state index in [0.717, 1.165) is 24.3 Å². The van der Waals surface area contributed by atoms with Gasteiger partial charge in [0.15, 0.2) is 0 Å². The van der Waals surface area contributed by atoms with Crippen molar-refractivity contribution in [3.63, 3.8) is 0 Å². The van der Waals surface area contributed by atoms with Crippen LogP contribution in [0.25, 0.3) is 0 Å². The van der Waals surface area contributed by atoms with Crippen molar-refractivity contribution in [1.82, 2.24) is 0 Å². The molecule has 1 aromatic rings. The Morgan fingerprint density at radius 3 is 2.56 bits per heavy atom. The summed E-state index contributed by atoms with van der Waals surface area (Å²) in [6, 6.07) is 7.71. The summed E-state index contributed by atoms with van der Waals surface area (Å²) in [5, 5.41) is 0. The quantitative estimate of drug-likeness (QED) is 0.771. The number of hydrogen-bond donors (Lipinski definition) is 1. The molecule has 2 heteroatoms. The molecule has 0 amide bonds. The lowest BCUT2D eigenvalue weighted by Crippen LogP contribution is -2.28. The second-order valence-corrected chi connectivity index (χ2v) is 5.55. The average molecular weight is 219 g/mol. The molecule has 0 saturated heterocycles. The molecule has 2 N–H and O–H groups in total. The Kier molecular flexibility index (Phi) is 3.08. The summed E-state index contributed by atoms with van der Waals surface area (Å²) in [4.78, 5) is 0. The van der Waals surface area contributed by atoms with Gasteiger partial charge in [0.25, 0.3) is 0 Å². The SMILES string of the molecule is CC1(C)CCC(Oc2cccc(N)c2)CC1. The van der Waals surface area contributed by atoms with Crippen LogP contribution in [-0.4, -0.2) is 6.10 Å². The molecule has 1 fully saturated rings. The van der Waals surface area contributed by atoms with Crippen LogP contribution >= 0.6 is 0 Å². The van der Waals surface area contributed by atoms with Crippen molar-refractivity contribution in [3.8, 4) is 5.75 Å². The predicted molar refractivity (Wildman–Crippen MR) is 67.5 cm³/mol.